The molecule has 0 atom stereocenters. The number of carbonyl (C=O) groups is 1. The van der Waals surface area contributed by atoms with Gasteiger partial charge in [0.1, 0.15) is 5.82 Å². The number of aromatic amines is 1. The molecule has 0 aliphatic carbocycles. The zero-order valence-electron chi connectivity index (χ0n) is 13.3. The van der Waals surface area contributed by atoms with Crippen molar-refractivity contribution in [3.05, 3.63) is 40.9 Å². The van der Waals surface area contributed by atoms with Crippen LogP contribution in [0.5, 0.6) is 0 Å². The van der Waals surface area contributed by atoms with Gasteiger partial charge in [0.2, 0.25) is 11.7 Å². The molecular formula is C16H18N6O2. The number of fused-ring (bicyclic) bond motifs is 1. The van der Waals surface area contributed by atoms with Crippen molar-refractivity contribution in [2.75, 3.05) is 5.32 Å². The number of rotatable bonds is 6. The van der Waals surface area contributed by atoms with Gasteiger partial charge < -0.3 is 5.32 Å². The quantitative estimate of drug-likeness (QED) is 0.674. The van der Waals surface area contributed by atoms with Crippen molar-refractivity contribution in [3.8, 4) is 11.4 Å². The molecule has 3 rings (SSSR count). The molecule has 0 aromatic carbocycles. The molecule has 1 amide bonds. The highest BCUT2D eigenvalue weighted by Crippen LogP contribution is 2.15. The van der Waals surface area contributed by atoms with Crippen LogP contribution in [0.1, 0.15) is 32.6 Å². The third kappa shape index (κ3) is 3.48. The Morgan fingerprint density at radius 2 is 2.25 bits per heavy atom. The number of amides is 1. The minimum absolute atomic E-state index is 0.145. The van der Waals surface area contributed by atoms with Gasteiger partial charge in [-0.1, -0.05) is 19.8 Å². The van der Waals surface area contributed by atoms with E-state index in [1.807, 2.05) is 6.07 Å². The first-order valence-corrected chi connectivity index (χ1v) is 7.87. The lowest BCUT2D eigenvalue weighted by molar-refractivity contribution is -0.116. The molecule has 3 heterocycles. The van der Waals surface area contributed by atoms with Gasteiger partial charge in [-0.2, -0.15) is 9.50 Å². The second kappa shape index (κ2) is 7.03. The zero-order valence-corrected chi connectivity index (χ0v) is 13.3. The van der Waals surface area contributed by atoms with E-state index in [4.69, 9.17) is 0 Å². The van der Waals surface area contributed by atoms with E-state index in [0.29, 0.717) is 18.1 Å². The van der Waals surface area contributed by atoms with Crippen molar-refractivity contribution in [1.29, 1.82) is 0 Å². The fourth-order valence-electron chi connectivity index (χ4n) is 2.34. The Balaban J connectivity index is 1.92. The first-order chi connectivity index (χ1) is 11.7. The van der Waals surface area contributed by atoms with Crippen molar-refractivity contribution in [2.24, 2.45) is 0 Å². The van der Waals surface area contributed by atoms with Crippen LogP contribution in [-0.4, -0.2) is 30.5 Å². The molecule has 8 heteroatoms. The van der Waals surface area contributed by atoms with Crippen LogP contribution in [0.2, 0.25) is 0 Å². The Kier molecular flexibility index (Phi) is 4.64. The highest BCUT2D eigenvalue weighted by atomic mass is 16.2. The summed E-state index contributed by atoms with van der Waals surface area (Å²) >= 11 is 0. The molecular weight excluding hydrogens is 308 g/mol. The Hall–Kier alpha value is -3.03. The standard InChI is InChI=1S/C16H18N6O2/c1-2-3-4-7-13(23)18-12-9-14(24)19-16-20-15(21-22(12)16)11-6-5-8-17-10-11/h5-6,8-10H,2-4,7H2,1H3,(H,18,23)(H,19,20,21,24). The van der Waals surface area contributed by atoms with Crippen LogP contribution in [0.15, 0.2) is 35.4 Å². The van der Waals surface area contributed by atoms with Crippen LogP contribution in [0.4, 0.5) is 5.82 Å². The maximum Gasteiger partial charge on any atom is 0.254 e. The van der Waals surface area contributed by atoms with E-state index in [0.717, 1.165) is 24.8 Å². The summed E-state index contributed by atoms with van der Waals surface area (Å²) in [6.07, 6.45) is 6.55. The number of aromatic nitrogens is 5. The highest BCUT2D eigenvalue weighted by Gasteiger charge is 2.12. The first-order valence-electron chi connectivity index (χ1n) is 7.87. The van der Waals surface area contributed by atoms with Gasteiger partial charge in [-0.25, -0.2) is 0 Å². The van der Waals surface area contributed by atoms with E-state index in [2.05, 4.69) is 32.3 Å². The highest BCUT2D eigenvalue weighted by molar-refractivity contribution is 5.90. The smallest absolute Gasteiger partial charge is 0.254 e. The third-order valence-electron chi connectivity index (χ3n) is 3.53. The molecule has 124 valence electrons. The topological polar surface area (TPSA) is 105 Å². The monoisotopic (exact) mass is 326 g/mol. The maximum atomic E-state index is 12.0. The molecule has 3 aromatic heterocycles. The van der Waals surface area contributed by atoms with Gasteiger partial charge in [-0.05, 0) is 18.6 Å². The summed E-state index contributed by atoms with van der Waals surface area (Å²) in [7, 11) is 0. The molecule has 3 aromatic rings. The van der Waals surface area contributed by atoms with Gasteiger partial charge in [0.15, 0.2) is 5.82 Å². The van der Waals surface area contributed by atoms with E-state index in [1.165, 1.54) is 10.6 Å². The van der Waals surface area contributed by atoms with Crippen molar-refractivity contribution >= 4 is 17.5 Å². The minimum atomic E-state index is -0.350. The number of hydrogen-bond donors (Lipinski definition) is 2. The lowest BCUT2D eigenvalue weighted by atomic mass is 10.2. The summed E-state index contributed by atoms with van der Waals surface area (Å²) < 4.78 is 1.42. The van der Waals surface area contributed by atoms with Crippen LogP contribution in [-0.2, 0) is 4.79 Å². The molecule has 2 N–H and O–H groups in total. The normalized spacial score (nSPS) is 10.9. The number of hydrogen-bond acceptors (Lipinski definition) is 5. The second-order valence-corrected chi connectivity index (χ2v) is 5.44. The van der Waals surface area contributed by atoms with Crippen LogP contribution < -0.4 is 10.9 Å². The van der Waals surface area contributed by atoms with Gasteiger partial charge in [-0.15, -0.1) is 5.10 Å². The Labute approximate surface area is 138 Å². The van der Waals surface area contributed by atoms with Gasteiger partial charge in [0.05, 0.1) is 0 Å². The van der Waals surface area contributed by atoms with Gasteiger partial charge in [-0.3, -0.25) is 19.6 Å². The second-order valence-electron chi connectivity index (χ2n) is 5.44. The minimum Gasteiger partial charge on any atom is -0.310 e. The first kappa shape index (κ1) is 15.9. The lowest BCUT2D eigenvalue weighted by Crippen LogP contribution is -2.18. The van der Waals surface area contributed by atoms with E-state index in [9.17, 15) is 9.59 Å². The maximum absolute atomic E-state index is 12.0. The van der Waals surface area contributed by atoms with E-state index in [-0.39, 0.29) is 17.2 Å². The third-order valence-corrected chi connectivity index (χ3v) is 3.53. The Morgan fingerprint density at radius 3 is 3.00 bits per heavy atom. The molecule has 0 unspecified atom stereocenters. The molecule has 0 radical (unpaired) electrons. The Bertz CT molecular complexity index is 900. The number of carbonyl (C=O) groups excluding carboxylic acids is 1. The molecule has 0 saturated heterocycles. The molecule has 0 spiro atoms. The number of nitrogens with one attached hydrogen (secondary N) is 2. The fourth-order valence-corrected chi connectivity index (χ4v) is 2.34. The SMILES string of the molecule is CCCCCC(=O)Nc1cc(=O)[nH]c2nc(-c3cccnc3)nn12. The fraction of sp³-hybridized carbons (Fsp3) is 0.312. The number of unbranched alkanes of at least 4 members (excludes halogenated alkanes) is 2. The summed E-state index contributed by atoms with van der Waals surface area (Å²) in [4.78, 5) is 34.7. The summed E-state index contributed by atoms with van der Waals surface area (Å²) in [5.74, 6) is 0.850. The van der Waals surface area contributed by atoms with E-state index >= 15 is 0 Å². The van der Waals surface area contributed by atoms with E-state index < -0.39 is 0 Å². The molecule has 24 heavy (non-hydrogen) atoms. The summed E-state index contributed by atoms with van der Waals surface area (Å²) in [6.45, 7) is 2.08. The summed E-state index contributed by atoms with van der Waals surface area (Å²) in [5.41, 5.74) is 0.374. The van der Waals surface area contributed by atoms with Crippen molar-refractivity contribution in [1.82, 2.24) is 24.6 Å². The van der Waals surface area contributed by atoms with Crippen LogP contribution in [0.3, 0.4) is 0 Å². The lowest BCUT2D eigenvalue weighted by Gasteiger charge is -2.05. The van der Waals surface area contributed by atoms with Gasteiger partial charge in [0, 0.05) is 30.4 Å². The molecule has 0 saturated carbocycles. The Morgan fingerprint density at radius 1 is 1.38 bits per heavy atom. The zero-order chi connectivity index (χ0) is 16.9. The predicted molar refractivity (Wildman–Crippen MR) is 89.6 cm³/mol. The summed E-state index contributed by atoms with van der Waals surface area (Å²) in [6, 6.07) is 4.90. The van der Waals surface area contributed by atoms with Crippen LogP contribution >= 0.6 is 0 Å². The molecule has 0 aliphatic heterocycles. The van der Waals surface area contributed by atoms with Gasteiger partial charge >= 0.3 is 0 Å². The molecule has 0 fully saturated rings. The van der Waals surface area contributed by atoms with Crippen LogP contribution in [0.25, 0.3) is 17.2 Å². The van der Waals surface area contributed by atoms with E-state index in [1.54, 1.807) is 18.5 Å². The average molecular weight is 326 g/mol. The molecule has 0 aliphatic rings. The number of anilines is 1. The molecule has 0 bridgehead atoms. The summed E-state index contributed by atoms with van der Waals surface area (Å²) in [5, 5.41) is 7.09. The predicted octanol–water partition coefficient (Wildman–Crippen LogP) is 2.00. The molecule has 8 nitrogen and oxygen atoms in total. The van der Waals surface area contributed by atoms with Crippen molar-refractivity contribution < 1.29 is 4.79 Å². The number of H-pyrrole nitrogens is 1. The van der Waals surface area contributed by atoms with Crippen molar-refractivity contribution in [3.63, 3.8) is 0 Å². The van der Waals surface area contributed by atoms with Crippen molar-refractivity contribution in [2.45, 2.75) is 32.6 Å². The van der Waals surface area contributed by atoms with Gasteiger partial charge in [0.25, 0.3) is 5.56 Å². The largest absolute Gasteiger partial charge is 0.310 e. The number of nitrogens with zero attached hydrogens (tertiary/aromatic N) is 4. The average Bonchev–Trinajstić information content (AvgIpc) is 3.00. The van der Waals surface area contributed by atoms with Crippen LogP contribution in [0, 0.1) is 0 Å². The number of pyridine rings is 1.